The highest BCUT2D eigenvalue weighted by molar-refractivity contribution is 5.94. The third-order valence-electron chi connectivity index (χ3n) is 4.55. The molecule has 0 unspecified atom stereocenters. The molecule has 0 radical (unpaired) electrons. The Labute approximate surface area is 143 Å². The summed E-state index contributed by atoms with van der Waals surface area (Å²) >= 11 is 0. The van der Waals surface area contributed by atoms with Crippen molar-refractivity contribution in [3.05, 3.63) is 65.3 Å². The standard InChI is InChI=1S/C22H26N/c1-15-9-7-8-10-19(15)21-20-12-11-18(22(3,4)5)14-17(20)13-16(2)23(21)6/h7-14H,1-6H3/q+1/i8D,9D,13D. The van der Waals surface area contributed by atoms with Gasteiger partial charge in [0, 0.05) is 18.5 Å². The summed E-state index contributed by atoms with van der Waals surface area (Å²) < 4.78 is 26.9. The molecule has 0 fully saturated rings. The number of benzene rings is 2. The second-order valence-electron chi connectivity index (χ2n) is 7.27. The summed E-state index contributed by atoms with van der Waals surface area (Å²) in [6, 6.07) is 11.0. The normalized spacial score (nSPS) is 13.7. The maximum atomic E-state index is 8.63. The number of nitrogens with zero attached hydrogens (tertiary/aromatic N) is 1. The van der Waals surface area contributed by atoms with Gasteiger partial charge in [0.25, 0.3) is 0 Å². The molecule has 0 aliphatic rings. The number of aromatic nitrogens is 1. The van der Waals surface area contributed by atoms with Crippen molar-refractivity contribution in [2.45, 2.75) is 40.0 Å². The Morgan fingerprint density at radius 2 is 1.83 bits per heavy atom. The van der Waals surface area contributed by atoms with Crippen molar-refractivity contribution in [2.75, 3.05) is 0 Å². The number of fused-ring (bicyclic) bond motifs is 1. The van der Waals surface area contributed by atoms with Gasteiger partial charge < -0.3 is 0 Å². The van der Waals surface area contributed by atoms with E-state index in [-0.39, 0.29) is 5.41 Å². The molecule has 118 valence electrons. The molecular formula is C22H26N+. The second-order valence-corrected chi connectivity index (χ2v) is 7.27. The highest BCUT2D eigenvalue weighted by Gasteiger charge is 2.21. The van der Waals surface area contributed by atoms with Crippen LogP contribution in [0, 0.1) is 13.8 Å². The fourth-order valence-electron chi connectivity index (χ4n) is 2.98. The van der Waals surface area contributed by atoms with Crippen molar-refractivity contribution in [3.63, 3.8) is 0 Å². The zero-order valence-corrected chi connectivity index (χ0v) is 14.8. The molecule has 1 nitrogen and oxygen atoms in total. The Morgan fingerprint density at radius 1 is 1.09 bits per heavy atom. The molecule has 0 aliphatic heterocycles. The molecule has 0 saturated heterocycles. The molecule has 1 heteroatoms. The maximum absolute atomic E-state index is 8.63. The van der Waals surface area contributed by atoms with E-state index in [1.807, 2.05) is 31.5 Å². The summed E-state index contributed by atoms with van der Waals surface area (Å²) in [5, 5.41) is 1.91. The maximum Gasteiger partial charge on any atom is 0.220 e. The smallest absolute Gasteiger partial charge is 0.198 e. The first-order valence-electron chi connectivity index (χ1n) is 9.54. The Kier molecular flexibility index (Phi) is 2.93. The van der Waals surface area contributed by atoms with Gasteiger partial charge in [0.05, 0.1) is 9.50 Å². The molecule has 3 aromatic rings. The third-order valence-corrected chi connectivity index (χ3v) is 4.55. The molecule has 0 N–H and O–H groups in total. The summed E-state index contributed by atoms with van der Waals surface area (Å²) in [5.41, 5.74) is 4.80. The lowest BCUT2D eigenvalue weighted by molar-refractivity contribution is -0.665. The number of hydrogen-bond donors (Lipinski definition) is 0. The largest absolute Gasteiger partial charge is 0.220 e. The lowest BCUT2D eigenvalue weighted by Crippen LogP contribution is -2.35. The van der Waals surface area contributed by atoms with Gasteiger partial charge in [-0.3, -0.25) is 0 Å². The number of pyridine rings is 1. The number of hydrogen-bond acceptors (Lipinski definition) is 0. The van der Waals surface area contributed by atoms with Gasteiger partial charge in [-0.05, 0) is 41.0 Å². The van der Waals surface area contributed by atoms with E-state index < -0.39 is 0 Å². The first-order valence-corrected chi connectivity index (χ1v) is 8.04. The average Bonchev–Trinajstić information content (AvgIpc) is 2.56. The predicted molar refractivity (Wildman–Crippen MR) is 98.7 cm³/mol. The lowest BCUT2D eigenvalue weighted by atomic mass is 9.85. The van der Waals surface area contributed by atoms with Gasteiger partial charge in [-0.2, -0.15) is 4.57 Å². The highest BCUT2D eigenvalue weighted by atomic mass is 14.9. The Hall–Kier alpha value is -2.15. The average molecular weight is 307 g/mol. The van der Waals surface area contributed by atoms with E-state index >= 15 is 0 Å². The van der Waals surface area contributed by atoms with E-state index in [4.69, 9.17) is 4.11 Å². The van der Waals surface area contributed by atoms with Crippen LogP contribution >= 0.6 is 0 Å². The minimum Gasteiger partial charge on any atom is -0.198 e. The minimum atomic E-state index is 0.0120. The van der Waals surface area contributed by atoms with Gasteiger partial charge in [-0.25, -0.2) is 0 Å². The molecule has 1 aromatic heterocycles. The van der Waals surface area contributed by atoms with Crippen LogP contribution in [0.15, 0.2) is 48.5 Å². The monoisotopic (exact) mass is 307 g/mol. The lowest BCUT2D eigenvalue weighted by Gasteiger charge is -2.20. The van der Waals surface area contributed by atoms with E-state index in [9.17, 15) is 0 Å². The van der Waals surface area contributed by atoms with Gasteiger partial charge in [0.1, 0.15) is 7.05 Å². The van der Waals surface area contributed by atoms with Gasteiger partial charge in [0.15, 0.2) is 5.69 Å². The van der Waals surface area contributed by atoms with E-state index in [1.165, 1.54) is 5.56 Å². The fraction of sp³-hybridized carbons (Fsp3) is 0.318. The Bertz CT molecular complexity index is 1030. The fourth-order valence-corrected chi connectivity index (χ4v) is 2.98. The van der Waals surface area contributed by atoms with Crippen molar-refractivity contribution in [3.8, 4) is 11.3 Å². The highest BCUT2D eigenvalue weighted by Crippen LogP contribution is 2.32. The van der Waals surface area contributed by atoms with Gasteiger partial charge in [-0.1, -0.05) is 51.1 Å². The summed E-state index contributed by atoms with van der Waals surface area (Å²) in [7, 11) is 1.96. The molecule has 0 saturated carbocycles. The molecule has 0 bridgehead atoms. The Balaban J connectivity index is 2.47. The number of rotatable bonds is 1. The molecule has 2 aromatic carbocycles. The van der Waals surface area contributed by atoms with Crippen LogP contribution in [0.3, 0.4) is 0 Å². The first kappa shape index (κ1) is 12.3. The van der Waals surface area contributed by atoms with E-state index in [2.05, 4.69) is 39.0 Å². The summed E-state index contributed by atoms with van der Waals surface area (Å²) in [5.74, 6) is 0. The SMILES string of the molecule is [2H]c1cc([2H])c(C)c(-c2c3ccc(C(C)(C)C)cc3c([2H])c(C)[n+]2C)c1. The van der Waals surface area contributed by atoms with Crippen LogP contribution < -0.4 is 4.57 Å². The van der Waals surface area contributed by atoms with Crippen LogP contribution in [0.5, 0.6) is 0 Å². The molecule has 0 amide bonds. The van der Waals surface area contributed by atoms with Crippen LogP contribution in [0.2, 0.25) is 0 Å². The van der Waals surface area contributed by atoms with Crippen LogP contribution in [0.4, 0.5) is 0 Å². The second kappa shape index (κ2) is 5.49. The molecule has 0 spiro atoms. The predicted octanol–water partition coefficient (Wildman–Crippen LogP) is 5.25. The molecular weight excluding hydrogens is 278 g/mol. The molecule has 1 heterocycles. The van der Waals surface area contributed by atoms with E-state index in [1.54, 1.807) is 6.07 Å². The third kappa shape index (κ3) is 2.76. The van der Waals surface area contributed by atoms with Crippen LogP contribution in [-0.2, 0) is 12.5 Å². The zero-order chi connectivity index (χ0) is 19.4. The van der Waals surface area contributed by atoms with Crippen LogP contribution in [0.1, 0.15) is 41.7 Å². The first-order chi connectivity index (χ1) is 12.0. The van der Waals surface area contributed by atoms with Crippen molar-refractivity contribution >= 4 is 10.8 Å². The van der Waals surface area contributed by atoms with Crippen LogP contribution in [-0.4, -0.2) is 0 Å². The molecule has 0 aliphatic carbocycles. The van der Waals surface area contributed by atoms with Crippen LogP contribution in [0.25, 0.3) is 22.0 Å². The topological polar surface area (TPSA) is 3.88 Å². The minimum absolute atomic E-state index is 0.0120. The van der Waals surface area contributed by atoms with Gasteiger partial charge >= 0.3 is 0 Å². The van der Waals surface area contributed by atoms with E-state index in [0.29, 0.717) is 18.1 Å². The van der Waals surface area contributed by atoms with Gasteiger partial charge in [-0.15, -0.1) is 0 Å². The molecule has 0 atom stereocenters. The zero-order valence-electron chi connectivity index (χ0n) is 17.8. The van der Waals surface area contributed by atoms with E-state index in [0.717, 1.165) is 33.3 Å². The summed E-state index contributed by atoms with van der Waals surface area (Å²) in [4.78, 5) is 0. The molecule has 3 rings (SSSR count). The Morgan fingerprint density at radius 3 is 2.52 bits per heavy atom. The van der Waals surface area contributed by atoms with Crippen molar-refractivity contribution in [1.82, 2.24) is 0 Å². The van der Waals surface area contributed by atoms with Crippen molar-refractivity contribution in [2.24, 2.45) is 7.05 Å². The molecule has 23 heavy (non-hydrogen) atoms. The van der Waals surface area contributed by atoms with Crippen molar-refractivity contribution < 1.29 is 8.68 Å². The van der Waals surface area contributed by atoms with Gasteiger partial charge in [0.2, 0.25) is 5.69 Å². The summed E-state index contributed by atoms with van der Waals surface area (Å²) in [6.45, 7) is 10.4. The quantitative estimate of drug-likeness (QED) is 0.541. The summed E-state index contributed by atoms with van der Waals surface area (Å²) in [6.07, 6.45) is 0. The van der Waals surface area contributed by atoms with Crippen molar-refractivity contribution in [1.29, 1.82) is 0 Å².